The van der Waals surface area contributed by atoms with Crippen LogP contribution < -0.4 is 5.32 Å². The van der Waals surface area contributed by atoms with Crippen LogP contribution in [0.25, 0.3) is 0 Å². The molecular weight excluding hydrogens is 240 g/mol. The van der Waals surface area contributed by atoms with Crippen LogP contribution in [-0.4, -0.2) is 71.3 Å². The first-order valence-corrected chi connectivity index (χ1v) is 8.00. The molecule has 0 bridgehead atoms. The third kappa shape index (κ3) is 9.52. The minimum absolute atomic E-state index is 0.112. The third-order valence-corrected chi connectivity index (χ3v) is 4.30. The fourth-order valence-electron chi connectivity index (χ4n) is 1.44. The first-order chi connectivity index (χ1) is 8.05. The predicted molar refractivity (Wildman–Crippen MR) is 71.2 cm³/mol. The number of hydrogen-bond acceptors (Lipinski definition) is 5. The highest BCUT2D eigenvalue weighted by molar-refractivity contribution is 7.91. The van der Waals surface area contributed by atoms with Crippen molar-refractivity contribution in [2.75, 3.05) is 57.9 Å². The van der Waals surface area contributed by atoms with E-state index in [1.165, 1.54) is 7.11 Å². The predicted octanol–water partition coefficient (Wildman–Crippen LogP) is -0.0210. The lowest BCUT2D eigenvalue weighted by molar-refractivity contribution is 0.217. The Labute approximate surface area is 105 Å². The summed E-state index contributed by atoms with van der Waals surface area (Å²) in [5.41, 5.74) is 0. The van der Waals surface area contributed by atoms with Crippen molar-refractivity contribution in [3.63, 3.8) is 0 Å². The molecule has 0 saturated heterocycles. The molecule has 104 valence electrons. The molecule has 0 atom stereocenters. The normalized spacial score (nSPS) is 12.2. The van der Waals surface area contributed by atoms with Crippen molar-refractivity contribution in [3.8, 4) is 0 Å². The average Bonchev–Trinajstić information content (AvgIpc) is 2.31. The molecular formula is C11H26N2O3S. The first-order valence-electron chi connectivity index (χ1n) is 6.18. The minimum Gasteiger partial charge on any atom is -0.384 e. The summed E-state index contributed by atoms with van der Waals surface area (Å²) in [4.78, 5) is 2.30. The lowest BCUT2D eigenvalue weighted by Gasteiger charge is -2.17. The zero-order chi connectivity index (χ0) is 13.1. The highest BCUT2D eigenvalue weighted by atomic mass is 32.2. The average molecular weight is 266 g/mol. The van der Waals surface area contributed by atoms with Gasteiger partial charge in [0, 0.05) is 26.7 Å². The van der Waals surface area contributed by atoms with Crippen LogP contribution in [0.15, 0.2) is 0 Å². The van der Waals surface area contributed by atoms with Gasteiger partial charge in [0.15, 0.2) is 9.84 Å². The second kappa shape index (κ2) is 9.82. The molecule has 6 heteroatoms. The number of rotatable bonds is 11. The molecule has 17 heavy (non-hydrogen) atoms. The molecule has 0 amide bonds. The second-order valence-corrected chi connectivity index (χ2v) is 6.23. The van der Waals surface area contributed by atoms with Gasteiger partial charge in [-0.1, -0.05) is 13.8 Å². The molecule has 0 aromatic carbocycles. The van der Waals surface area contributed by atoms with Crippen LogP contribution >= 0.6 is 0 Å². The molecule has 0 aliphatic rings. The third-order valence-electron chi connectivity index (χ3n) is 2.69. The molecule has 0 fully saturated rings. The van der Waals surface area contributed by atoms with Crippen LogP contribution in [0.5, 0.6) is 0 Å². The molecule has 0 aromatic rings. The molecule has 0 radical (unpaired) electrons. The van der Waals surface area contributed by atoms with Crippen molar-refractivity contribution >= 4 is 9.84 Å². The van der Waals surface area contributed by atoms with Gasteiger partial charge in [0.2, 0.25) is 0 Å². The zero-order valence-corrected chi connectivity index (χ0v) is 12.1. The van der Waals surface area contributed by atoms with Crippen LogP contribution in [-0.2, 0) is 14.6 Å². The van der Waals surface area contributed by atoms with Gasteiger partial charge < -0.3 is 15.0 Å². The summed E-state index contributed by atoms with van der Waals surface area (Å²) in [6, 6.07) is 0. The van der Waals surface area contributed by atoms with E-state index < -0.39 is 9.84 Å². The Morgan fingerprint density at radius 1 is 1.12 bits per heavy atom. The fourth-order valence-corrected chi connectivity index (χ4v) is 2.52. The Morgan fingerprint density at radius 2 is 1.76 bits per heavy atom. The van der Waals surface area contributed by atoms with Crippen molar-refractivity contribution in [3.05, 3.63) is 0 Å². The first kappa shape index (κ1) is 16.8. The van der Waals surface area contributed by atoms with E-state index in [1.807, 2.05) is 0 Å². The van der Waals surface area contributed by atoms with Crippen molar-refractivity contribution in [2.45, 2.75) is 13.8 Å². The summed E-state index contributed by atoms with van der Waals surface area (Å²) in [6.07, 6.45) is 0. The molecule has 0 aliphatic heterocycles. The lowest BCUT2D eigenvalue weighted by atomic mass is 10.4. The largest absolute Gasteiger partial charge is 0.384 e. The molecule has 0 aromatic heterocycles. The summed E-state index contributed by atoms with van der Waals surface area (Å²) in [6.45, 7) is 8.91. The number of sulfone groups is 1. The minimum atomic E-state index is -2.96. The maximum atomic E-state index is 11.5. The summed E-state index contributed by atoms with van der Waals surface area (Å²) < 4.78 is 27.7. The molecule has 0 rings (SSSR count). The molecule has 1 N–H and O–H groups in total. The van der Waals surface area contributed by atoms with Crippen LogP contribution in [0.1, 0.15) is 13.8 Å². The summed E-state index contributed by atoms with van der Waals surface area (Å²) in [5, 5.41) is 3.16. The van der Waals surface area contributed by atoms with Gasteiger partial charge in [0.05, 0.1) is 18.1 Å². The lowest BCUT2D eigenvalue weighted by Crippen LogP contribution is -2.34. The second-order valence-electron chi connectivity index (χ2n) is 3.92. The van der Waals surface area contributed by atoms with Crippen LogP contribution in [0.4, 0.5) is 0 Å². The Morgan fingerprint density at radius 3 is 2.29 bits per heavy atom. The number of hydrogen-bond donors (Lipinski definition) is 1. The molecule has 0 heterocycles. The molecule has 0 saturated carbocycles. The van der Waals surface area contributed by atoms with Gasteiger partial charge in [0.1, 0.15) is 0 Å². The monoisotopic (exact) mass is 266 g/mol. The van der Waals surface area contributed by atoms with Gasteiger partial charge in [-0.2, -0.15) is 0 Å². The topological polar surface area (TPSA) is 58.6 Å². The summed E-state index contributed by atoms with van der Waals surface area (Å²) >= 11 is 0. The van der Waals surface area contributed by atoms with E-state index in [0.717, 1.165) is 26.2 Å². The van der Waals surface area contributed by atoms with E-state index in [-0.39, 0.29) is 18.1 Å². The van der Waals surface area contributed by atoms with E-state index in [9.17, 15) is 8.42 Å². The number of methoxy groups -OCH3 is 1. The Hall–Kier alpha value is -0.170. The maximum Gasteiger partial charge on any atom is 0.153 e. The Bertz CT molecular complexity index is 264. The van der Waals surface area contributed by atoms with Gasteiger partial charge in [-0.05, 0) is 13.1 Å². The maximum absolute atomic E-state index is 11.5. The van der Waals surface area contributed by atoms with Crippen molar-refractivity contribution in [1.82, 2.24) is 10.2 Å². The van der Waals surface area contributed by atoms with Gasteiger partial charge in [-0.15, -0.1) is 0 Å². The standard InChI is InChI=1S/C11H26N2O3S/c1-4-13(5-2)8-6-12-7-10-17(14,15)11-9-16-3/h12H,4-11H2,1-3H3. The van der Waals surface area contributed by atoms with E-state index in [2.05, 4.69) is 24.1 Å². The van der Waals surface area contributed by atoms with Crippen molar-refractivity contribution in [1.29, 1.82) is 0 Å². The van der Waals surface area contributed by atoms with Gasteiger partial charge in [0.25, 0.3) is 0 Å². The summed E-state index contributed by atoms with van der Waals surface area (Å²) in [7, 11) is -1.44. The fraction of sp³-hybridized carbons (Fsp3) is 1.00. The molecule has 0 aliphatic carbocycles. The van der Waals surface area contributed by atoms with Crippen molar-refractivity contribution in [2.24, 2.45) is 0 Å². The van der Waals surface area contributed by atoms with E-state index in [0.29, 0.717) is 6.54 Å². The van der Waals surface area contributed by atoms with Crippen LogP contribution in [0, 0.1) is 0 Å². The Balaban J connectivity index is 3.57. The van der Waals surface area contributed by atoms with Crippen molar-refractivity contribution < 1.29 is 13.2 Å². The van der Waals surface area contributed by atoms with E-state index in [4.69, 9.17) is 4.74 Å². The highest BCUT2D eigenvalue weighted by Gasteiger charge is 2.09. The van der Waals surface area contributed by atoms with Gasteiger partial charge >= 0.3 is 0 Å². The molecule has 5 nitrogen and oxygen atoms in total. The van der Waals surface area contributed by atoms with Gasteiger partial charge in [-0.3, -0.25) is 0 Å². The van der Waals surface area contributed by atoms with E-state index in [1.54, 1.807) is 0 Å². The smallest absolute Gasteiger partial charge is 0.153 e. The SMILES string of the molecule is CCN(CC)CCNCCS(=O)(=O)CCOC. The zero-order valence-electron chi connectivity index (χ0n) is 11.2. The molecule has 0 spiro atoms. The number of nitrogens with one attached hydrogen (secondary N) is 1. The Kier molecular flexibility index (Phi) is 9.72. The number of ether oxygens (including phenoxy) is 1. The summed E-state index contributed by atoms with van der Waals surface area (Å²) in [5.74, 6) is 0.301. The molecule has 0 unspecified atom stereocenters. The van der Waals surface area contributed by atoms with E-state index >= 15 is 0 Å². The quantitative estimate of drug-likeness (QED) is 0.533. The number of nitrogens with zero attached hydrogens (tertiary/aromatic N) is 1. The number of likely N-dealkylation sites (N-methyl/N-ethyl adjacent to an activating group) is 1. The highest BCUT2D eigenvalue weighted by Crippen LogP contribution is 1.89. The van der Waals surface area contributed by atoms with Crippen LogP contribution in [0.2, 0.25) is 0 Å². The van der Waals surface area contributed by atoms with Crippen LogP contribution in [0.3, 0.4) is 0 Å². The van der Waals surface area contributed by atoms with Gasteiger partial charge in [-0.25, -0.2) is 8.42 Å².